The molecule has 2 fully saturated rings. The monoisotopic (exact) mass is 315 g/mol. The topological polar surface area (TPSA) is 36.4 Å². The molecule has 1 aromatic rings. The second kappa shape index (κ2) is 7.91. The first-order valence-corrected chi connectivity index (χ1v) is 9.09. The Morgan fingerprint density at radius 1 is 1.17 bits per heavy atom. The van der Waals surface area contributed by atoms with Crippen molar-refractivity contribution in [2.24, 2.45) is 11.8 Å². The van der Waals surface area contributed by atoms with Crippen molar-refractivity contribution in [2.45, 2.75) is 39.0 Å². The molecule has 1 amide bonds. The van der Waals surface area contributed by atoms with Crippen LogP contribution >= 0.6 is 0 Å². The van der Waals surface area contributed by atoms with Gasteiger partial charge in [-0.2, -0.15) is 0 Å². The van der Waals surface area contributed by atoms with Crippen LogP contribution in [-0.2, 0) is 11.2 Å². The van der Waals surface area contributed by atoms with Gasteiger partial charge < -0.3 is 4.90 Å². The zero-order valence-corrected chi connectivity index (χ0v) is 14.3. The summed E-state index contributed by atoms with van der Waals surface area (Å²) >= 11 is 0. The molecule has 0 bridgehead atoms. The highest BCUT2D eigenvalue weighted by Crippen LogP contribution is 2.22. The molecule has 2 aliphatic heterocycles. The van der Waals surface area contributed by atoms with E-state index in [9.17, 15) is 4.79 Å². The van der Waals surface area contributed by atoms with Crippen LogP contribution in [0.4, 0.5) is 0 Å². The van der Waals surface area contributed by atoms with Gasteiger partial charge in [-0.25, -0.2) is 0 Å². The molecule has 4 heteroatoms. The first kappa shape index (κ1) is 16.4. The number of nitrogens with zero attached hydrogens (tertiary/aromatic N) is 3. The average molecular weight is 315 g/mol. The van der Waals surface area contributed by atoms with E-state index in [1.807, 2.05) is 18.5 Å². The molecule has 0 radical (unpaired) electrons. The summed E-state index contributed by atoms with van der Waals surface area (Å²) in [6.45, 7) is 6.96. The van der Waals surface area contributed by atoms with Gasteiger partial charge in [-0.1, -0.05) is 13.0 Å². The molecule has 0 atom stereocenters. The highest BCUT2D eigenvalue weighted by atomic mass is 16.2. The summed E-state index contributed by atoms with van der Waals surface area (Å²) in [5.41, 5.74) is 1.32. The number of likely N-dealkylation sites (tertiary alicyclic amines) is 2. The Bertz CT molecular complexity index is 489. The molecule has 23 heavy (non-hydrogen) atoms. The molecule has 2 aliphatic rings. The largest absolute Gasteiger partial charge is 0.342 e. The van der Waals surface area contributed by atoms with Crippen molar-refractivity contribution < 1.29 is 4.79 Å². The number of hydrogen-bond donors (Lipinski definition) is 0. The highest BCUT2D eigenvalue weighted by molar-refractivity contribution is 5.78. The van der Waals surface area contributed by atoms with Crippen LogP contribution in [0.3, 0.4) is 0 Å². The van der Waals surface area contributed by atoms with E-state index in [0.29, 0.717) is 18.4 Å². The zero-order valence-electron chi connectivity index (χ0n) is 14.3. The van der Waals surface area contributed by atoms with Crippen LogP contribution in [-0.4, -0.2) is 53.4 Å². The molecule has 0 aliphatic carbocycles. The van der Waals surface area contributed by atoms with Crippen LogP contribution in [0.2, 0.25) is 0 Å². The standard InChI is InChI=1S/C19H29N3O/c1-16-4-9-21(10-5-16)15-19(23)22-11-6-17(7-12-22)13-18-3-2-8-20-14-18/h2-3,8,14,16-17H,4-7,9-13,15H2,1H3. The summed E-state index contributed by atoms with van der Waals surface area (Å²) in [7, 11) is 0. The SMILES string of the molecule is CC1CCN(CC(=O)N2CCC(Cc3cccnc3)CC2)CC1. The molecule has 0 saturated carbocycles. The molecule has 3 rings (SSSR count). The highest BCUT2D eigenvalue weighted by Gasteiger charge is 2.25. The molecule has 4 nitrogen and oxygen atoms in total. The Labute approximate surface area is 139 Å². The lowest BCUT2D eigenvalue weighted by molar-refractivity contribution is -0.134. The third-order valence-electron chi connectivity index (χ3n) is 5.45. The number of hydrogen-bond acceptors (Lipinski definition) is 3. The van der Waals surface area contributed by atoms with Crippen LogP contribution in [0.25, 0.3) is 0 Å². The third kappa shape index (κ3) is 4.77. The fourth-order valence-corrected chi connectivity index (χ4v) is 3.75. The molecular weight excluding hydrogens is 286 g/mol. The van der Waals surface area contributed by atoms with E-state index in [0.717, 1.165) is 51.4 Å². The van der Waals surface area contributed by atoms with Crippen molar-refractivity contribution in [3.63, 3.8) is 0 Å². The van der Waals surface area contributed by atoms with Crippen LogP contribution in [0, 0.1) is 11.8 Å². The van der Waals surface area contributed by atoms with E-state index in [2.05, 4.69) is 27.8 Å². The number of carbonyl (C=O) groups is 1. The Balaban J connectivity index is 1.40. The molecule has 0 N–H and O–H groups in total. The van der Waals surface area contributed by atoms with E-state index in [4.69, 9.17) is 0 Å². The number of rotatable bonds is 4. The van der Waals surface area contributed by atoms with Crippen molar-refractivity contribution in [2.75, 3.05) is 32.7 Å². The summed E-state index contributed by atoms with van der Waals surface area (Å²) in [5, 5.41) is 0. The zero-order chi connectivity index (χ0) is 16.1. The molecule has 2 saturated heterocycles. The molecular formula is C19H29N3O. The second-order valence-corrected chi connectivity index (χ2v) is 7.35. The first-order valence-electron chi connectivity index (χ1n) is 9.09. The Kier molecular flexibility index (Phi) is 5.65. The van der Waals surface area contributed by atoms with Gasteiger partial charge in [-0.3, -0.25) is 14.7 Å². The molecule has 0 spiro atoms. The predicted octanol–water partition coefficient (Wildman–Crippen LogP) is 2.59. The van der Waals surface area contributed by atoms with Crippen LogP contribution in [0.1, 0.15) is 38.2 Å². The maximum Gasteiger partial charge on any atom is 0.236 e. The number of carbonyl (C=O) groups excluding carboxylic acids is 1. The summed E-state index contributed by atoms with van der Waals surface area (Å²) in [4.78, 5) is 21.1. The molecule has 0 aromatic carbocycles. The second-order valence-electron chi connectivity index (χ2n) is 7.35. The average Bonchev–Trinajstić information content (AvgIpc) is 2.58. The number of piperidine rings is 2. The molecule has 0 unspecified atom stereocenters. The Morgan fingerprint density at radius 3 is 2.57 bits per heavy atom. The Morgan fingerprint density at radius 2 is 1.91 bits per heavy atom. The summed E-state index contributed by atoms with van der Waals surface area (Å²) in [6, 6.07) is 4.16. The minimum atomic E-state index is 0.333. The van der Waals surface area contributed by atoms with Gasteiger partial charge in [0.2, 0.25) is 5.91 Å². The maximum atomic E-state index is 12.5. The number of pyridine rings is 1. The van der Waals surface area contributed by atoms with Gasteiger partial charge in [0.15, 0.2) is 0 Å². The fourth-order valence-electron chi connectivity index (χ4n) is 3.75. The summed E-state index contributed by atoms with van der Waals surface area (Å²) in [5.74, 6) is 1.85. The normalized spacial score (nSPS) is 21.5. The van der Waals surface area contributed by atoms with Crippen LogP contribution < -0.4 is 0 Å². The maximum absolute atomic E-state index is 12.5. The van der Waals surface area contributed by atoms with E-state index >= 15 is 0 Å². The van der Waals surface area contributed by atoms with Crippen molar-refractivity contribution in [3.05, 3.63) is 30.1 Å². The number of aromatic nitrogens is 1. The molecule has 3 heterocycles. The van der Waals surface area contributed by atoms with E-state index in [1.54, 1.807) is 0 Å². The minimum absolute atomic E-state index is 0.333. The van der Waals surface area contributed by atoms with E-state index < -0.39 is 0 Å². The van der Waals surface area contributed by atoms with Gasteiger partial charge in [0, 0.05) is 25.5 Å². The smallest absolute Gasteiger partial charge is 0.236 e. The van der Waals surface area contributed by atoms with Gasteiger partial charge in [0.25, 0.3) is 0 Å². The fraction of sp³-hybridized carbons (Fsp3) is 0.684. The van der Waals surface area contributed by atoms with Crippen molar-refractivity contribution >= 4 is 5.91 Å². The van der Waals surface area contributed by atoms with Crippen LogP contribution in [0.15, 0.2) is 24.5 Å². The third-order valence-corrected chi connectivity index (χ3v) is 5.45. The summed E-state index contributed by atoms with van der Waals surface area (Å²) in [6.07, 6.45) is 9.61. The van der Waals surface area contributed by atoms with E-state index in [-0.39, 0.29) is 0 Å². The number of amides is 1. The van der Waals surface area contributed by atoms with Crippen LogP contribution in [0.5, 0.6) is 0 Å². The van der Waals surface area contributed by atoms with E-state index in [1.165, 1.54) is 18.4 Å². The van der Waals surface area contributed by atoms with Gasteiger partial charge >= 0.3 is 0 Å². The van der Waals surface area contributed by atoms with Gasteiger partial charge in [0.1, 0.15) is 0 Å². The Hall–Kier alpha value is -1.42. The van der Waals surface area contributed by atoms with Crippen molar-refractivity contribution in [3.8, 4) is 0 Å². The lowest BCUT2D eigenvalue weighted by Crippen LogP contribution is -2.46. The first-order chi connectivity index (χ1) is 11.2. The predicted molar refractivity (Wildman–Crippen MR) is 92.1 cm³/mol. The summed E-state index contributed by atoms with van der Waals surface area (Å²) < 4.78 is 0. The molecule has 1 aromatic heterocycles. The van der Waals surface area contributed by atoms with Gasteiger partial charge in [0.05, 0.1) is 6.54 Å². The molecule has 126 valence electrons. The minimum Gasteiger partial charge on any atom is -0.342 e. The van der Waals surface area contributed by atoms with Gasteiger partial charge in [-0.05, 0) is 68.7 Å². The van der Waals surface area contributed by atoms with Crippen molar-refractivity contribution in [1.29, 1.82) is 0 Å². The lowest BCUT2D eigenvalue weighted by atomic mass is 9.90. The van der Waals surface area contributed by atoms with Crippen molar-refractivity contribution in [1.82, 2.24) is 14.8 Å². The van der Waals surface area contributed by atoms with Gasteiger partial charge in [-0.15, -0.1) is 0 Å². The quantitative estimate of drug-likeness (QED) is 0.857. The lowest BCUT2D eigenvalue weighted by Gasteiger charge is -2.35.